The van der Waals surface area contributed by atoms with E-state index >= 15 is 0 Å². The Morgan fingerprint density at radius 1 is 0.955 bits per heavy atom. The lowest BCUT2D eigenvalue weighted by molar-refractivity contribution is -0.0399. The molecular weight excluding hydrogens is 570 g/mol. The molecule has 44 heavy (non-hydrogen) atoms. The van der Waals surface area contributed by atoms with Crippen molar-refractivity contribution in [3.63, 3.8) is 0 Å². The number of hydrogen-bond acceptors (Lipinski definition) is 5. The van der Waals surface area contributed by atoms with Crippen LogP contribution in [0.5, 0.6) is 0 Å². The van der Waals surface area contributed by atoms with Crippen molar-refractivity contribution in [3.8, 4) is 0 Å². The Balaban J connectivity index is 1.21. The number of benzene rings is 2. The minimum Gasteiger partial charge on any atom is -0.304 e. The number of amides is 1. The smallest absolute Gasteiger partial charge is 0.258 e. The fourth-order valence-corrected chi connectivity index (χ4v) is 10.3. The van der Waals surface area contributed by atoms with Crippen LogP contribution < -0.4 is 10.0 Å². The molecule has 5 aliphatic rings. The Kier molecular flexibility index (Phi) is 8.31. The molecule has 4 saturated carbocycles. The van der Waals surface area contributed by atoms with E-state index in [0.29, 0.717) is 18.1 Å². The van der Waals surface area contributed by atoms with Crippen molar-refractivity contribution in [2.24, 2.45) is 17.8 Å². The fraction of sp³-hybridized carbons (Fsp3) is 0.600. The van der Waals surface area contributed by atoms with Gasteiger partial charge in [-0.15, -0.1) is 0 Å². The molecular formula is C35H47N5O3S. The number of carbonyl (C=O) groups excluding carboxylic acids is 1. The van der Waals surface area contributed by atoms with Gasteiger partial charge in [-0.1, -0.05) is 38.3 Å². The highest BCUT2D eigenvalue weighted by Crippen LogP contribution is 2.60. The van der Waals surface area contributed by atoms with Gasteiger partial charge in [0.25, 0.3) is 5.91 Å². The molecule has 4 bridgehead atoms. The van der Waals surface area contributed by atoms with Gasteiger partial charge in [0.15, 0.2) is 0 Å². The monoisotopic (exact) mass is 617 g/mol. The van der Waals surface area contributed by atoms with E-state index in [9.17, 15) is 13.2 Å². The molecule has 0 atom stereocenters. The Morgan fingerprint density at radius 2 is 1.68 bits per heavy atom. The molecule has 5 fully saturated rings. The Bertz CT molecular complexity index is 1590. The number of imidazole rings is 1. The molecule has 2 heterocycles. The normalized spacial score (nSPS) is 26.8. The molecule has 0 spiro atoms. The van der Waals surface area contributed by atoms with E-state index in [1.807, 2.05) is 0 Å². The molecule has 1 aromatic heterocycles. The van der Waals surface area contributed by atoms with Crippen LogP contribution in [0.1, 0.15) is 99.9 Å². The summed E-state index contributed by atoms with van der Waals surface area (Å²) in [7, 11) is -3.70. The number of anilines is 1. The van der Waals surface area contributed by atoms with Gasteiger partial charge in [0.1, 0.15) is 0 Å². The minimum atomic E-state index is -3.70. The molecule has 8 rings (SSSR count). The number of sulfonamides is 1. The lowest BCUT2D eigenvalue weighted by atomic mass is 9.53. The fourth-order valence-electron chi connectivity index (χ4n) is 9.14. The van der Waals surface area contributed by atoms with Crippen LogP contribution in [0.15, 0.2) is 47.4 Å². The third-order valence-electron chi connectivity index (χ3n) is 10.8. The minimum absolute atomic E-state index is 0.0382. The van der Waals surface area contributed by atoms with Crippen molar-refractivity contribution in [3.05, 3.63) is 53.6 Å². The average molecular weight is 618 g/mol. The molecule has 4 aliphatic carbocycles. The molecule has 0 radical (unpaired) electrons. The average Bonchev–Trinajstić information content (AvgIpc) is 3.37. The third kappa shape index (κ3) is 5.95. The highest BCUT2D eigenvalue weighted by atomic mass is 32.2. The summed E-state index contributed by atoms with van der Waals surface area (Å²) in [5.74, 6) is 2.48. The van der Waals surface area contributed by atoms with Gasteiger partial charge in [0.05, 0.1) is 15.9 Å². The van der Waals surface area contributed by atoms with Crippen LogP contribution in [0.2, 0.25) is 0 Å². The first-order valence-corrected chi connectivity index (χ1v) is 18.5. The van der Waals surface area contributed by atoms with E-state index in [0.717, 1.165) is 86.9 Å². The number of unbranched alkanes of at least 4 members (excludes halogenated alkanes) is 2. The predicted octanol–water partition coefficient (Wildman–Crippen LogP) is 6.67. The molecule has 2 N–H and O–H groups in total. The zero-order chi connectivity index (χ0) is 30.3. The number of likely N-dealkylation sites (tertiary alicyclic amines) is 1. The van der Waals surface area contributed by atoms with Gasteiger partial charge in [-0.25, -0.2) is 18.1 Å². The number of hydrogen-bond donors (Lipinski definition) is 2. The number of nitrogens with zero attached hydrogens (tertiary/aromatic N) is 3. The van der Waals surface area contributed by atoms with Gasteiger partial charge in [0, 0.05) is 24.2 Å². The molecule has 1 aliphatic heterocycles. The summed E-state index contributed by atoms with van der Waals surface area (Å²) in [6.07, 6.45) is 14.1. The van der Waals surface area contributed by atoms with Gasteiger partial charge in [0.2, 0.25) is 16.0 Å². The second-order valence-corrected chi connectivity index (χ2v) is 15.9. The van der Waals surface area contributed by atoms with Crippen LogP contribution in [0, 0.1) is 17.8 Å². The van der Waals surface area contributed by atoms with E-state index in [1.165, 1.54) is 50.2 Å². The van der Waals surface area contributed by atoms with Gasteiger partial charge in [-0.2, -0.15) is 0 Å². The molecule has 9 heteroatoms. The SMILES string of the molecule is CCCCCNS(=O)(=O)c1cccc(C(=O)Nc2nc3ccc(CN4CCCCC4)cc3n2C23CC4CC(CC(C4)C2)C3)c1. The van der Waals surface area contributed by atoms with Gasteiger partial charge in [-0.05, 0) is 125 Å². The standard InChI is InChI=1S/C35H47N5O3S/c1-2-3-5-13-36-44(42,43)30-10-8-9-29(20-30)33(41)38-34-37-31-12-11-25(24-39-14-6-4-7-15-39)19-32(31)40(34)35-21-26-16-27(22-35)18-28(17-26)23-35/h8-12,19-20,26-28,36H,2-7,13-18,21-24H2,1H3,(H,37,38,41). The number of fused-ring (bicyclic) bond motifs is 1. The van der Waals surface area contributed by atoms with Crippen molar-refractivity contribution in [1.82, 2.24) is 19.2 Å². The first-order chi connectivity index (χ1) is 21.3. The lowest BCUT2D eigenvalue weighted by Crippen LogP contribution is -2.52. The highest BCUT2D eigenvalue weighted by Gasteiger charge is 2.53. The number of aromatic nitrogens is 2. The summed E-state index contributed by atoms with van der Waals surface area (Å²) in [5, 5.41) is 3.17. The summed E-state index contributed by atoms with van der Waals surface area (Å²) < 4.78 is 31.0. The van der Waals surface area contributed by atoms with Crippen LogP contribution in [-0.2, 0) is 22.1 Å². The maximum Gasteiger partial charge on any atom is 0.258 e. The van der Waals surface area contributed by atoms with Crippen LogP contribution in [0.3, 0.4) is 0 Å². The molecule has 2 aromatic carbocycles. The molecule has 3 aromatic rings. The van der Waals surface area contributed by atoms with E-state index < -0.39 is 10.0 Å². The highest BCUT2D eigenvalue weighted by molar-refractivity contribution is 7.89. The van der Waals surface area contributed by atoms with Crippen LogP contribution in [0.4, 0.5) is 5.95 Å². The van der Waals surface area contributed by atoms with Gasteiger partial charge >= 0.3 is 0 Å². The van der Waals surface area contributed by atoms with Crippen molar-refractivity contribution in [1.29, 1.82) is 0 Å². The Hall–Kier alpha value is -2.75. The molecule has 1 amide bonds. The van der Waals surface area contributed by atoms with Crippen molar-refractivity contribution in [2.45, 2.75) is 101 Å². The Labute approximate surface area is 262 Å². The van der Waals surface area contributed by atoms with Gasteiger partial charge in [-0.3, -0.25) is 15.0 Å². The van der Waals surface area contributed by atoms with E-state index in [4.69, 9.17) is 4.98 Å². The summed E-state index contributed by atoms with van der Waals surface area (Å²) >= 11 is 0. The maximum atomic E-state index is 13.8. The lowest BCUT2D eigenvalue weighted by Gasteiger charge is -2.57. The van der Waals surface area contributed by atoms with Crippen LogP contribution in [0.25, 0.3) is 11.0 Å². The van der Waals surface area contributed by atoms with E-state index in [1.54, 1.807) is 18.2 Å². The number of piperidine rings is 1. The predicted molar refractivity (Wildman–Crippen MR) is 174 cm³/mol. The van der Waals surface area contributed by atoms with E-state index in [2.05, 4.69) is 44.6 Å². The summed E-state index contributed by atoms with van der Waals surface area (Å²) in [6, 6.07) is 13.0. The summed E-state index contributed by atoms with van der Waals surface area (Å²) in [5.41, 5.74) is 3.60. The maximum absolute atomic E-state index is 13.8. The van der Waals surface area contributed by atoms with Crippen LogP contribution >= 0.6 is 0 Å². The summed E-state index contributed by atoms with van der Waals surface area (Å²) in [6.45, 7) is 5.72. The van der Waals surface area contributed by atoms with Crippen LogP contribution in [-0.4, -0.2) is 48.4 Å². The molecule has 8 nitrogen and oxygen atoms in total. The Morgan fingerprint density at radius 3 is 2.39 bits per heavy atom. The molecule has 236 valence electrons. The number of rotatable bonds is 11. The first-order valence-electron chi connectivity index (χ1n) is 17.0. The second kappa shape index (κ2) is 12.2. The summed E-state index contributed by atoms with van der Waals surface area (Å²) in [4.78, 5) is 21.5. The third-order valence-corrected chi connectivity index (χ3v) is 12.2. The number of nitrogens with one attached hydrogen (secondary N) is 2. The number of carbonyl (C=O) groups is 1. The quantitative estimate of drug-likeness (QED) is 0.234. The van der Waals surface area contributed by atoms with Crippen molar-refractivity contribution < 1.29 is 13.2 Å². The first kappa shape index (κ1) is 29.9. The van der Waals surface area contributed by atoms with E-state index in [-0.39, 0.29) is 16.3 Å². The topological polar surface area (TPSA) is 96.3 Å². The van der Waals surface area contributed by atoms with Crippen molar-refractivity contribution in [2.75, 3.05) is 25.0 Å². The zero-order valence-corrected chi connectivity index (χ0v) is 26.9. The molecule has 0 unspecified atom stereocenters. The second-order valence-electron chi connectivity index (χ2n) is 14.2. The molecule has 1 saturated heterocycles. The van der Waals surface area contributed by atoms with Crippen molar-refractivity contribution >= 4 is 32.9 Å². The largest absolute Gasteiger partial charge is 0.304 e. The van der Waals surface area contributed by atoms with Gasteiger partial charge < -0.3 is 4.57 Å². The zero-order valence-electron chi connectivity index (χ0n) is 26.1.